The summed E-state index contributed by atoms with van der Waals surface area (Å²) in [5.41, 5.74) is 0.409. The molecule has 1 aromatic rings. The van der Waals surface area contributed by atoms with Gasteiger partial charge in [0.05, 0.1) is 69.7 Å². The minimum atomic E-state index is -1.06. The number of nitrogens with zero attached hydrogens (tertiary/aromatic N) is 1. The van der Waals surface area contributed by atoms with Crippen LogP contribution in [0.5, 0.6) is 0 Å². The first-order valence-corrected chi connectivity index (χ1v) is 15.9. The lowest BCUT2D eigenvalue weighted by Gasteiger charge is -2.27. The number of benzene rings is 1. The summed E-state index contributed by atoms with van der Waals surface area (Å²) in [4.78, 5) is 63.3. The average molecular weight is 634 g/mol. The molecule has 0 radical (unpaired) electrons. The molecule has 0 bridgehead atoms. The van der Waals surface area contributed by atoms with Crippen molar-refractivity contribution in [2.75, 3.05) is 71.4 Å². The van der Waals surface area contributed by atoms with Crippen LogP contribution in [0.4, 0.5) is 5.69 Å². The number of unbranched alkanes of at least 4 members (excludes halogenated alkanes) is 2. The molecule has 5 amide bonds. The molecule has 1 saturated heterocycles. The third-order valence-corrected chi connectivity index (χ3v) is 7.52. The Labute approximate surface area is 264 Å². The molecular formula is C32H47N3O10. The SMILES string of the molecule is CCC(C)COCCOCCOCCOCCOCCCCCC(=O)Nc1cccc2c1C(=O)N(C1CCC(=O)NC1=O)C2=O. The molecule has 2 unspecified atom stereocenters. The molecule has 2 heterocycles. The largest absolute Gasteiger partial charge is 0.379 e. The predicted octanol–water partition coefficient (Wildman–Crippen LogP) is 2.72. The first-order valence-electron chi connectivity index (χ1n) is 15.9. The monoisotopic (exact) mass is 633 g/mol. The van der Waals surface area contributed by atoms with Gasteiger partial charge >= 0.3 is 0 Å². The van der Waals surface area contributed by atoms with Crippen LogP contribution < -0.4 is 10.6 Å². The summed E-state index contributed by atoms with van der Waals surface area (Å²) in [7, 11) is 0. The van der Waals surface area contributed by atoms with Crippen molar-refractivity contribution in [3.8, 4) is 0 Å². The maximum absolute atomic E-state index is 13.1. The van der Waals surface area contributed by atoms with Crippen LogP contribution >= 0.6 is 0 Å². The highest BCUT2D eigenvalue weighted by molar-refractivity contribution is 6.26. The van der Waals surface area contributed by atoms with E-state index in [1.165, 1.54) is 6.07 Å². The molecule has 1 fully saturated rings. The third-order valence-electron chi connectivity index (χ3n) is 7.52. The van der Waals surface area contributed by atoms with E-state index in [0.717, 1.165) is 30.8 Å². The lowest BCUT2D eigenvalue weighted by Crippen LogP contribution is -2.54. The maximum atomic E-state index is 13.1. The zero-order valence-electron chi connectivity index (χ0n) is 26.4. The van der Waals surface area contributed by atoms with E-state index in [9.17, 15) is 24.0 Å². The zero-order valence-corrected chi connectivity index (χ0v) is 26.4. The van der Waals surface area contributed by atoms with Crippen LogP contribution in [0.1, 0.15) is 79.5 Å². The molecule has 2 aliphatic rings. The lowest BCUT2D eigenvalue weighted by molar-refractivity contribution is -0.136. The average Bonchev–Trinajstić information content (AvgIpc) is 3.28. The minimum absolute atomic E-state index is 0.0362. The lowest BCUT2D eigenvalue weighted by atomic mass is 10.0. The van der Waals surface area contributed by atoms with Crippen molar-refractivity contribution in [1.82, 2.24) is 10.2 Å². The van der Waals surface area contributed by atoms with Crippen molar-refractivity contribution in [3.05, 3.63) is 29.3 Å². The van der Waals surface area contributed by atoms with Crippen molar-refractivity contribution >= 4 is 35.2 Å². The molecule has 1 aromatic carbocycles. The summed E-state index contributed by atoms with van der Waals surface area (Å²) >= 11 is 0. The van der Waals surface area contributed by atoms with Crippen molar-refractivity contribution in [2.24, 2.45) is 5.92 Å². The Bertz CT molecular complexity index is 1140. The van der Waals surface area contributed by atoms with Crippen LogP contribution in [-0.4, -0.2) is 107 Å². The Kier molecular flexibility index (Phi) is 16.1. The fourth-order valence-electron chi connectivity index (χ4n) is 4.78. The van der Waals surface area contributed by atoms with Gasteiger partial charge in [0.1, 0.15) is 6.04 Å². The van der Waals surface area contributed by atoms with E-state index in [1.54, 1.807) is 12.1 Å². The highest BCUT2D eigenvalue weighted by atomic mass is 16.6. The van der Waals surface area contributed by atoms with Gasteiger partial charge in [0.2, 0.25) is 17.7 Å². The number of piperidine rings is 1. The molecule has 13 nitrogen and oxygen atoms in total. The van der Waals surface area contributed by atoms with Crippen LogP contribution in [0, 0.1) is 5.92 Å². The standard InChI is InChI=1S/C32H47N3O10/c1-3-23(2)22-45-21-20-44-19-18-43-17-16-42-15-14-41-13-6-4-5-10-27(36)33-25-9-7-8-24-29(25)32(40)35(31(24)39)26-11-12-28(37)34-30(26)38/h7-9,23,26H,3-6,10-22H2,1-2H3,(H,33,36)(H,34,37,38). The number of imide groups is 2. The van der Waals surface area contributed by atoms with Gasteiger partial charge in [-0.05, 0) is 37.3 Å². The van der Waals surface area contributed by atoms with Gasteiger partial charge in [0.25, 0.3) is 11.8 Å². The van der Waals surface area contributed by atoms with E-state index < -0.39 is 29.7 Å². The Hall–Kier alpha value is -3.23. The van der Waals surface area contributed by atoms with Crippen LogP contribution in [0.3, 0.4) is 0 Å². The second-order valence-electron chi connectivity index (χ2n) is 11.1. The van der Waals surface area contributed by atoms with Crippen molar-refractivity contribution in [1.29, 1.82) is 0 Å². The predicted molar refractivity (Wildman–Crippen MR) is 164 cm³/mol. The van der Waals surface area contributed by atoms with Gasteiger partial charge in [0.15, 0.2) is 0 Å². The Morgan fingerprint density at radius 2 is 1.49 bits per heavy atom. The van der Waals surface area contributed by atoms with Crippen molar-refractivity contribution in [2.45, 2.75) is 64.8 Å². The smallest absolute Gasteiger partial charge is 0.264 e. The van der Waals surface area contributed by atoms with Crippen LogP contribution in [-0.2, 0) is 38.1 Å². The van der Waals surface area contributed by atoms with Gasteiger partial charge in [-0.25, -0.2) is 0 Å². The summed E-state index contributed by atoms with van der Waals surface area (Å²) in [5.74, 6) is -2.10. The summed E-state index contributed by atoms with van der Waals surface area (Å²) in [5, 5.41) is 4.90. The van der Waals surface area contributed by atoms with E-state index in [2.05, 4.69) is 24.5 Å². The molecule has 13 heteroatoms. The second-order valence-corrected chi connectivity index (χ2v) is 11.1. The number of rotatable bonds is 23. The summed E-state index contributed by atoms with van der Waals surface area (Å²) in [6.07, 6.45) is 3.64. The highest BCUT2D eigenvalue weighted by Crippen LogP contribution is 2.32. The molecule has 2 aliphatic heterocycles. The van der Waals surface area contributed by atoms with Gasteiger partial charge in [-0.15, -0.1) is 0 Å². The third kappa shape index (κ3) is 11.9. The van der Waals surface area contributed by atoms with E-state index in [0.29, 0.717) is 71.8 Å². The molecule has 2 atom stereocenters. The molecule has 3 rings (SSSR count). The zero-order chi connectivity index (χ0) is 32.4. The first kappa shape index (κ1) is 36.2. The minimum Gasteiger partial charge on any atom is -0.379 e. The van der Waals surface area contributed by atoms with E-state index >= 15 is 0 Å². The number of hydrogen-bond donors (Lipinski definition) is 2. The number of ether oxygens (including phenoxy) is 5. The molecule has 2 N–H and O–H groups in total. The van der Waals surface area contributed by atoms with E-state index in [1.807, 2.05) is 0 Å². The van der Waals surface area contributed by atoms with Gasteiger partial charge in [-0.1, -0.05) is 32.8 Å². The summed E-state index contributed by atoms with van der Waals surface area (Å²) in [6.45, 7) is 9.75. The van der Waals surface area contributed by atoms with Gasteiger partial charge in [0, 0.05) is 26.1 Å². The number of hydrogen-bond acceptors (Lipinski definition) is 10. The van der Waals surface area contributed by atoms with Crippen molar-refractivity contribution < 1.29 is 47.7 Å². The van der Waals surface area contributed by atoms with E-state index in [-0.39, 0.29) is 42.0 Å². The second kappa shape index (κ2) is 20.0. The number of fused-ring (bicyclic) bond motifs is 1. The molecule has 45 heavy (non-hydrogen) atoms. The van der Waals surface area contributed by atoms with Gasteiger partial charge < -0.3 is 29.0 Å². The van der Waals surface area contributed by atoms with Crippen LogP contribution in [0.15, 0.2) is 18.2 Å². The Morgan fingerprint density at radius 1 is 0.867 bits per heavy atom. The Morgan fingerprint density at radius 3 is 2.11 bits per heavy atom. The molecular weight excluding hydrogens is 586 g/mol. The van der Waals surface area contributed by atoms with Gasteiger partial charge in [-0.3, -0.25) is 34.2 Å². The fourth-order valence-corrected chi connectivity index (χ4v) is 4.78. The molecule has 0 spiro atoms. The van der Waals surface area contributed by atoms with Crippen molar-refractivity contribution in [3.63, 3.8) is 0 Å². The number of carbonyl (C=O) groups is 5. The number of amides is 5. The van der Waals surface area contributed by atoms with Gasteiger partial charge in [-0.2, -0.15) is 0 Å². The normalized spacial score (nSPS) is 17.0. The molecule has 0 saturated carbocycles. The molecule has 0 aromatic heterocycles. The topological polar surface area (TPSA) is 159 Å². The summed E-state index contributed by atoms with van der Waals surface area (Å²) < 4.78 is 27.5. The maximum Gasteiger partial charge on any atom is 0.264 e. The molecule has 250 valence electrons. The number of anilines is 1. The quantitative estimate of drug-likeness (QED) is 0.136. The fraction of sp³-hybridized carbons (Fsp3) is 0.656. The van der Waals surface area contributed by atoms with Crippen LogP contribution in [0.25, 0.3) is 0 Å². The number of carbonyl (C=O) groups excluding carboxylic acids is 5. The first-order chi connectivity index (χ1) is 21.8. The number of nitrogens with one attached hydrogen (secondary N) is 2. The summed E-state index contributed by atoms with van der Waals surface area (Å²) in [6, 6.07) is 3.55. The van der Waals surface area contributed by atoms with E-state index in [4.69, 9.17) is 23.7 Å². The molecule has 0 aliphatic carbocycles. The van der Waals surface area contributed by atoms with Crippen LogP contribution in [0.2, 0.25) is 0 Å². The highest BCUT2D eigenvalue weighted by Gasteiger charge is 2.45. The Balaban J connectivity index is 1.18.